The Kier molecular flexibility index (Phi) is 9.23. The molecule has 0 spiro atoms. The number of carbonyl (C=O) groups is 1. The Morgan fingerprint density at radius 2 is 1.74 bits per heavy atom. The summed E-state index contributed by atoms with van der Waals surface area (Å²) in [5.41, 5.74) is 6.50. The molecule has 0 aliphatic rings. The largest absolute Gasteiger partial charge is 0.384 e. The molecule has 0 saturated heterocycles. The van der Waals surface area contributed by atoms with Crippen molar-refractivity contribution in [3.05, 3.63) is 71.3 Å². The molecule has 146 valence electrons. The number of nitrogens with zero attached hydrogens (tertiary/aromatic N) is 1. The molecule has 5 N–H and O–H groups in total. The zero-order chi connectivity index (χ0) is 19.0. The summed E-state index contributed by atoms with van der Waals surface area (Å²) in [6.07, 6.45) is 0. The van der Waals surface area contributed by atoms with Crippen LogP contribution in [0.5, 0.6) is 0 Å². The third kappa shape index (κ3) is 7.18. The van der Waals surface area contributed by atoms with Crippen LogP contribution in [0.2, 0.25) is 0 Å². The standard InChI is InChI=1S/C20H26N4O2.HI/c1-3-22-19(23-13-15-9-11-16(12-10-15)18(21)25)24-14-20(2,26)17-7-5-4-6-8-17;/h4-12,26H,3,13-14H2,1-2H3,(H2,21,25)(H2,22,23,24);1H. The predicted molar refractivity (Wildman–Crippen MR) is 119 cm³/mol. The summed E-state index contributed by atoms with van der Waals surface area (Å²) in [7, 11) is 0. The number of nitrogens with two attached hydrogens (primary N) is 1. The summed E-state index contributed by atoms with van der Waals surface area (Å²) >= 11 is 0. The molecule has 2 aromatic rings. The monoisotopic (exact) mass is 482 g/mol. The summed E-state index contributed by atoms with van der Waals surface area (Å²) in [4.78, 5) is 15.6. The topological polar surface area (TPSA) is 99.7 Å². The first-order chi connectivity index (χ1) is 12.4. The van der Waals surface area contributed by atoms with Crippen LogP contribution in [-0.4, -0.2) is 30.1 Å². The number of halogens is 1. The molecule has 0 fully saturated rings. The molecule has 0 bridgehead atoms. The number of aliphatic imine (C=N–C) groups is 1. The average molecular weight is 482 g/mol. The fourth-order valence-corrected chi connectivity index (χ4v) is 2.44. The van der Waals surface area contributed by atoms with E-state index in [1.165, 1.54) is 0 Å². The normalized spacial score (nSPS) is 13.2. The van der Waals surface area contributed by atoms with Crippen molar-refractivity contribution in [1.82, 2.24) is 10.6 Å². The lowest BCUT2D eigenvalue weighted by Crippen LogP contribution is -2.44. The van der Waals surface area contributed by atoms with Gasteiger partial charge in [0.25, 0.3) is 0 Å². The van der Waals surface area contributed by atoms with Gasteiger partial charge in [-0.3, -0.25) is 4.79 Å². The van der Waals surface area contributed by atoms with Crippen LogP contribution in [0.1, 0.15) is 35.3 Å². The van der Waals surface area contributed by atoms with E-state index in [2.05, 4.69) is 15.6 Å². The molecule has 0 aliphatic carbocycles. The lowest BCUT2D eigenvalue weighted by atomic mass is 9.96. The highest BCUT2D eigenvalue weighted by atomic mass is 127. The van der Waals surface area contributed by atoms with Crippen LogP contribution in [0.25, 0.3) is 0 Å². The quantitative estimate of drug-likeness (QED) is 0.277. The number of hydrogen-bond donors (Lipinski definition) is 4. The number of benzene rings is 2. The van der Waals surface area contributed by atoms with Crippen molar-refractivity contribution in [2.75, 3.05) is 13.1 Å². The number of guanidine groups is 1. The highest BCUT2D eigenvalue weighted by molar-refractivity contribution is 14.0. The van der Waals surface area contributed by atoms with Gasteiger partial charge in [-0.15, -0.1) is 24.0 Å². The van der Waals surface area contributed by atoms with Crippen molar-refractivity contribution in [2.45, 2.75) is 26.0 Å². The zero-order valence-electron chi connectivity index (χ0n) is 15.6. The van der Waals surface area contributed by atoms with Crippen LogP contribution in [0.15, 0.2) is 59.6 Å². The molecule has 1 atom stereocenters. The zero-order valence-corrected chi connectivity index (χ0v) is 17.9. The predicted octanol–water partition coefficient (Wildman–Crippen LogP) is 2.37. The van der Waals surface area contributed by atoms with Gasteiger partial charge in [0.2, 0.25) is 5.91 Å². The van der Waals surface area contributed by atoms with E-state index < -0.39 is 11.5 Å². The van der Waals surface area contributed by atoms with E-state index in [9.17, 15) is 9.90 Å². The van der Waals surface area contributed by atoms with Crippen LogP contribution < -0.4 is 16.4 Å². The molecule has 1 unspecified atom stereocenters. The van der Waals surface area contributed by atoms with E-state index in [0.717, 1.165) is 11.1 Å². The van der Waals surface area contributed by atoms with Gasteiger partial charge in [-0.1, -0.05) is 42.5 Å². The summed E-state index contributed by atoms with van der Waals surface area (Å²) in [5, 5.41) is 17.0. The van der Waals surface area contributed by atoms with Gasteiger partial charge < -0.3 is 21.5 Å². The van der Waals surface area contributed by atoms with Gasteiger partial charge in [0.05, 0.1) is 13.1 Å². The highest BCUT2D eigenvalue weighted by Crippen LogP contribution is 2.18. The smallest absolute Gasteiger partial charge is 0.248 e. The van der Waals surface area contributed by atoms with Crippen molar-refractivity contribution < 1.29 is 9.90 Å². The number of carbonyl (C=O) groups excluding carboxylic acids is 1. The maximum absolute atomic E-state index is 11.1. The first-order valence-corrected chi connectivity index (χ1v) is 8.61. The summed E-state index contributed by atoms with van der Waals surface area (Å²) in [6.45, 7) is 5.22. The Balaban J connectivity index is 0.00000364. The summed E-state index contributed by atoms with van der Waals surface area (Å²) in [5.74, 6) is 0.167. The van der Waals surface area contributed by atoms with Gasteiger partial charge in [0.1, 0.15) is 5.60 Å². The van der Waals surface area contributed by atoms with Gasteiger partial charge in [0.15, 0.2) is 5.96 Å². The minimum Gasteiger partial charge on any atom is -0.384 e. The molecule has 0 saturated carbocycles. The van der Waals surface area contributed by atoms with Gasteiger partial charge in [-0.05, 0) is 37.1 Å². The van der Waals surface area contributed by atoms with Crippen LogP contribution in [0.3, 0.4) is 0 Å². The van der Waals surface area contributed by atoms with Crippen LogP contribution in [0.4, 0.5) is 0 Å². The molecule has 1 amide bonds. The minimum absolute atomic E-state index is 0. The molecule has 6 nitrogen and oxygen atoms in total. The Labute approximate surface area is 177 Å². The number of hydrogen-bond acceptors (Lipinski definition) is 3. The highest BCUT2D eigenvalue weighted by Gasteiger charge is 2.22. The van der Waals surface area contributed by atoms with Crippen molar-refractivity contribution in [2.24, 2.45) is 10.7 Å². The fourth-order valence-electron chi connectivity index (χ4n) is 2.44. The van der Waals surface area contributed by atoms with Crippen LogP contribution in [-0.2, 0) is 12.1 Å². The second kappa shape index (κ2) is 10.9. The van der Waals surface area contributed by atoms with Crippen molar-refractivity contribution >= 4 is 35.8 Å². The fraction of sp³-hybridized carbons (Fsp3) is 0.300. The van der Waals surface area contributed by atoms with Gasteiger partial charge >= 0.3 is 0 Å². The maximum atomic E-state index is 11.1. The molecule has 0 heterocycles. The van der Waals surface area contributed by atoms with Crippen molar-refractivity contribution in [1.29, 1.82) is 0 Å². The Hall–Kier alpha value is -2.13. The van der Waals surface area contributed by atoms with Crippen LogP contribution >= 0.6 is 24.0 Å². The first kappa shape index (κ1) is 22.9. The SMILES string of the molecule is CCNC(=NCc1ccc(C(N)=O)cc1)NCC(C)(O)c1ccccc1.I. The molecule has 7 heteroatoms. The molecular weight excluding hydrogens is 455 g/mol. The maximum Gasteiger partial charge on any atom is 0.248 e. The van der Waals surface area contributed by atoms with Gasteiger partial charge in [-0.2, -0.15) is 0 Å². The number of rotatable bonds is 7. The second-order valence-electron chi connectivity index (χ2n) is 6.25. The third-order valence-corrected chi connectivity index (χ3v) is 4.00. The minimum atomic E-state index is -1.01. The first-order valence-electron chi connectivity index (χ1n) is 8.61. The number of primary amides is 1. The molecule has 2 rings (SSSR count). The lowest BCUT2D eigenvalue weighted by molar-refractivity contribution is 0.0617. The van der Waals surface area contributed by atoms with E-state index in [1.807, 2.05) is 49.4 Å². The Morgan fingerprint density at radius 3 is 2.30 bits per heavy atom. The van der Waals surface area contributed by atoms with Crippen LogP contribution in [0, 0.1) is 0 Å². The summed E-state index contributed by atoms with van der Waals surface area (Å²) in [6, 6.07) is 16.5. The molecule has 2 aromatic carbocycles. The van der Waals surface area contributed by atoms with E-state index in [-0.39, 0.29) is 24.0 Å². The number of nitrogens with one attached hydrogen (secondary N) is 2. The van der Waals surface area contributed by atoms with E-state index >= 15 is 0 Å². The van der Waals surface area contributed by atoms with E-state index in [1.54, 1.807) is 19.1 Å². The lowest BCUT2D eigenvalue weighted by Gasteiger charge is -2.25. The van der Waals surface area contributed by atoms with E-state index in [0.29, 0.717) is 31.2 Å². The van der Waals surface area contributed by atoms with Crippen molar-refractivity contribution in [3.63, 3.8) is 0 Å². The Bertz CT molecular complexity index is 746. The summed E-state index contributed by atoms with van der Waals surface area (Å²) < 4.78 is 0. The molecule has 27 heavy (non-hydrogen) atoms. The Morgan fingerprint density at radius 1 is 1.11 bits per heavy atom. The third-order valence-electron chi connectivity index (χ3n) is 4.00. The molecular formula is C20H27IN4O2. The second-order valence-corrected chi connectivity index (χ2v) is 6.25. The molecule has 0 aliphatic heterocycles. The molecule has 0 radical (unpaired) electrons. The average Bonchev–Trinajstić information content (AvgIpc) is 2.65. The number of aliphatic hydroxyl groups is 1. The van der Waals surface area contributed by atoms with Gasteiger partial charge in [0, 0.05) is 12.1 Å². The molecule has 0 aromatic heterocycles. The number of amides is 1. The van der Waals surface area contributed by atoms with Crippen molar-refractivity contribution in [3.8, 4) is 0 Å². The van der Waals surface area contributed by atoms with Gasteiger partial charge in [-0.25, -0.2) is 4.99 Å². The van der Waals surface area contributed by atoms with E-state index in [4.69, 9.17) is 5.73 Å².